The lowest BCUT2D eigenvalue weighted by Crippen LogP contribution is -2.35. The number of hydrogen-bond acceptors (Lipinski definition) is 0. The highest BCUT2D eigenvalue weighted by Crippen LogP contribution is 2.35. The minimum absolute atomic E-state index is 0.797. The molecule has 21 heavy (non-hydrogen) atoms. The Kier molecular flexibility index (Phi) is 3.84. The van der Waals surface area contributed by atoms with Gasteiger partial charge >= 0.3 is 0 Å². The van der Waals surface area contributed by atoms with E-state index in [9.17, 15) is 0 Å². The largest absolute Gasteiger partial charge is 0.212 e. The summed E-state index contributed by atoms with van der Waals surface area (Å²) in [6.45, 7) is 6.62. The molecular weight excluding hydrogens is 254 g/mol. The Hall–Kier alpha value is -1.63. The molecule has 0 radical (unpaired) electrons. The first-order chi connectivity index (χ1) is 10.1. The molecule has 0 spiro atoms. The first-order valence-corrected chi connectivity index (χ1v) is 8.15. The number of rotatable bonds is 2. The van der Waals surface area contributed by atoms with Crippen molar-refractivity contribution < 1.29 is 4.57 Å². The van der Waals surface area contributed by atoms with Crippen molar-refractivity contribution in [3.8, 4) is 11.3 Å². The number of nitrogens with zero attached hydrogens (tertiary/aromatic N) is 1. The summed E-state index contributed by atoms with van der Waals surface area (Å²) in [6, 6.07) is 11.6. The van der Waals surface area contributed by atoms with Gasteiger partial charge in [-0.05, 0) is 55.9 Å². The van der Waals surface area contributed by atoms with Crippen LogP contribution in [-0.4, -0.2) is 0 Å². The zero-order chi connectivity index (χ0) is 15.0. The van der Waals surface area contributed by atoms with Crippen LogP contribution in [0.5, 0.6) is 0 Å². The van der Waals surface area contributed by atoms with Crippen LogP contribution >= 0.6 is 0 Å². The minimum Gasteiger partial charge on any atom is -0.198 e. The van der Waals surface area contributed by atoms with Crippen molar-refractivity contribution in [3.05, 3.63) is 52.7 Å². The van der Waals surface area contributed by atoms with Gasteiger partial charge in [-0.25, -0.2) is 0 Å². The third-order valence-electron chi connectivity index (χ3n) is 5.28. The summed E-state index contributed by atoms with van der Waals surface area (Å²) in [4.78, 5) is 0. The molecule has 110 valence electrons. The summed E-state index contributed by atoms with van der Waals surface area (Å²) >= 11 is 0. The molecule has 0 saturated heterocycles. The zero-order valence-corrected chi connectivity index (χ0v) is 13.7. The maximum Gasteiger partial charge on any atom is 0.212 e. The Balaban J connectivity index is 2.01. The quantitative estimate of drug-likeness (QED) is 0.698. The summed E-state index contributed by atoms with van der Waals surface area (Å²) in [5.74, 6) is 0.797. The van der Waals surface area contributed by atoms with E-state index in [1.165, 1.54) is 53.8 Å². The SMILES string of the molecule is Cc1cc(C2CCCC2)ccc1-c1ccc(C)c(C)[n+]1C. The van der Waals surface area contributed by atoms with Gasteiger partial charge in [0.15, 0.2) is 5.69 Å². The van der Waals surface area contributed by atoms with Gasteiger partial charge in [-0.1, -0.05) is 25.0 Å². The predicted molar refractivity (Wildman–Crippen MR) is 88.5 cm³/mol. The van der Waals surface area contributed by atoms with Crippen molar-refractivity contribution in [2.75, 3.05) is 0 Å². The fourth-order valence-electron chi connectivity index (χ4n) is 3.64. The third-order valence-corrected chi connectivity index (χ3v) is 5.28. The Morgan fingerprint density at radius 3 is 2.29 bits per heavy atom. The van der Waals surface area contributed by atoms with E-state index >= 15 is 0 Å². The molecule has 0 amide bonds. The van der Waals surface area contributed by atoms with E-state index in [-0.39, 0.29) is 0 Å². The Labute approximate surface area is 128 Å². The molecule has 1 aromatic heterocycles. The van der Waals surface area contributed by atoms with Gasteiger partial charge in [-0.15, -0.1) is 0 Å². The van der Waals surface area contributed by atoms with Crippen LogP contribution in [0.4, 0.5) is 0 Å². The lowest BCUT2D eigenvalue weighted by molar-refractivity contribution is -0.667. The predicted octanol–water partition coefficient (Wildman–Crippen LogP) is 4.76. The highest BCUT2D eigenvalue weighted by Gasteiger charge is 2.20. The number of benzene rings is 1. The number of pyridine rings is 1. The van der Waals surface area contributed by atoms with Gasteiger partial charge in [0.25, 0.3) is 0 Å². The lowest BCUT2D eigenvalue weighted by atomic mass is 9.93. The van der Waals surface area contributed by atoms with Crippen LogP contribution in [0.2, 0.25) is 0 Å². The topological polar surface area (TPSA) is 3.88 Å². The first-order valence-electron chi connectivity index (χ1n) is 8.15. The first kappa shape index (κ1) is 14.3. The van der Waals surface area contributed by atoms with Gasteiger partial charge in [0.05, 0.1) is 0 Å². The molecule has 1 heterocycles. The van der Waals surface area contributed by atoms with Crippen LogP contribution in [0.1, 0.15) is 54.0 Å². The molecule has 0 unspecified atom stereocenters. The molecule has 1 fully saturated rings. The van der Waals surface area contributed by atoms with E-state index in [0.717, 1.165) is 5.92 Å². The summed E-state index contributed by atoms with van der Waals surface area (Å²) in [5.41, 5.74) is 8.31. The monoisotopic (exact) mass is 280 g/mol. The Bertz CT molecular complexity index is 664. The van der Waals surface area contributed by atoms with Crippen LogP contribution in [-0.2, 0) is 7.05 Å². The van der Waals surface area contributed by atoms with Crippen molar-refractivity contribution in [2.45, 2.75) is 52.4 Å². The van der Waals surface area contributed by atoms with Gasteiger partial charge in [-0.3, -0.25) is 0 Å². The Morgan fingerprint density at radius 2 is 1.62 bits per heavy atom. The number of aromatic nitrogens is 1. The van der Waals surface area contributed by atoms with E-state index in [2.05, 4.69) is 62.7 Å². The second-order valence-corrected chi connectivity index (χ2v) is 6.60. The smallest absolute Gasteiger partial charge is 0.198 e. The molecule has 1 saturated carbocycles. The van der Waals surface area contributed by atoms with Gasteiger partial charge in [0.2, 0.25) is 5.69 Å². The van der Waals surface area contributed by atoms with Gasteiger partial charge < -0.3 is 0 Å². The van der Waals surface area contributed by atoms with E-state index in [1.54, 1.807) is 5.56 Å². The molecule has 0 bridgehead atoms. The molecule has 0 atom stereocenters. The van der Waals surface area contributed by atoms with Crippen molar-refractivity contribution in [1.82, 2.24) is 0 Å². The molecule has 1 heteroatoms. The van der Waals surface area contributed by atoms with Crippen LogP contribution < -0.4 is 4.57 Å². The van der Waals surface area contributed by atoms with E-state index < -0.39 is 0 Å². The molecule has 1 aliphatic carbocycles. The van der Waals surface area contributed by atoms with Crippen LogP contribution in [0.15, 0.2) is 30.3 Å². The summed E-state index contributed by atoms with van der Waals surface area (Å²) < 4.78 is 2.31. The summed E-state index contributed by atoms with van der Waals surface area (Å²) in [5, 5.41) is 0. The standard InChI is InChI=1S/C20H26N/c1-14-9-12-20(21(4)16(14)3)19-11-10-18(13-15(19)2)17-7-5-6-8-17/h9-13,17H,5-8H2,1-4H3/q+1. The minimum atomic E-state index is 0.797. The summed E-state index contributed by atoms with van der Waals surface area (Å²) in [6.07, 6.45) is 5.54. The second-order valence-electron chi connectivity index (χ2n) is 6.60. The molecular formula is C20H26N+. The van der Waals surface area contributed by atoms with Crippen LogP contribution in [0, 0.1) is 20.8 Å². The molecule has 2 aromatic rings. The highest BCUT2D eigenvalue weighted by molar-refractivity contribution is 5.62. The van der Waals surface area contributed by atoms with Crippen molar-refractivity contribution >= 4 is 0 Å². The molecule has 1 nitrogen and oxygen atoms in total. The normalized spacial score (nSPS) is 15.6. The van der Waals surface area contributed by atoms with Crippen LogP contribution in [0.25, 0.3) is 11.3 Å². The average Bonchev–Trinajstić information content (AvgIpc) is 3.00. The molecule has 1 aromatic carbocycles. The van der Waals surface area contributed by atoms with Crippen molar-refractivity contribution in [1.29, 1.82) is 0 Å². The maximum atomic E-state index is 2.42. The average molecular weight is 280 g/mol. The Morgan fingerprint density at radius 1 is 0.905 bits per heavy atom. The van der Waals surface area contributed by atoms with Crippen molar-refractivity contribution in [2.24, 2.45) is 7.05 Å². The second kappa shape index (κ2) is 5.63. The third kappa shape index (κ3) is 2.62. The van der Waals surface area contributed by atoms with E-state index in [1.807, 2.05) is 0 Å². The maximum absolute atomic E-state index is 2.42. The number of aryl methyl sites for hydroxylation is 2. The highest BCUT2D eigenvalue weighted by atomic mass is 14.9. The van der Waals surface area contributed by atoms with E-state index in [4.69, 9.17) is 0 Å². The molecule has 0 aliphatic heterocycles. The fourth-order valence-corrected chi connectivity index (χ4v) is 3.64. The lowest BCUT2D eigenvalue weighted by Gasteiger charge is -2.13. The molecule has 0 N–H and O–H groups in total. The summed E-state index contributed by atoms with van der Waals surface area (Å²) in [7, 11) is 2.17. The van der Waals surface area contributed by atoms with Gasteiger partial charge in [-0.2, -0.15) is 4.57 Å². The van der Waals surface area contributed by atoms with E-state index in [0.29, 0.717) is 0 Å². The number of hydrogen-bond donors (Lipinski definition) is 0. The van der Waals surface area contributed by atoms with Gasteiger partial charge in [0, 0.05) is 24.1 Å². The fraction of sp³-hybridized carbons (Fsp3) is 0.450. The molecule has 3 rings (SSSR count). The van der Waals surface area contributed by atoms with Gasteiger partial charge in [0.1, 0.15) is 7.05 Å². The zero-order valence-electron chi connectivity index (χ0n) is 13.7. The van der Waals surface area contributed by atoms with Crippen LogP contribution in [0.3, 0.4) is 0 Å². The molecule has 1 aliphatic rings. The van der Waals surface area contributed by atoms with Crippen molar-refractivity contribution in [3.63, 3.8) is 0 Å².